The molecule has 1 amide bonds. The smallest absolute Gasteiger partial charge is 0.352 e. The first-order valence-electron chi connectivity index (χ1n) is 9.50. The van der Waals surface area contributed by atoms with Crippen molar-refractivity contribution in [2.45, 2.75) is 6.04 Å². The molecule has 1 aromatic heterocycles. The highest BCUT2D eigenvalue weighted by Gasteiger charge is 2.30. The van der Waals surface area contributed by atoms with E-state index in [1.165, 1.54) is 49.4 Å². The number of carbonyl (C=O) groups excluding carboxylic acids is 1. The van der Waals surface area contributed by atoms with Gasteiger partial charge in [-0.15, -0.1) is 0 Å². The molecule has 4 rings (SSSR count). The van der Waals surface area contributed by atoms with Gasteiger partial charge in [-0.3, -0.25) is 4.79 Å². The van der Waals surface area contributed by atoms with Crippen molar-refractivity contribution in [3.05, 3.63) is 77.4 Å². The number of carboxylic acids is 1. The fourth-order valence-corrected chi connectivity index (χ4v) is 3.44. The Morgan fingerprint density at radius 1 is 1.16 bits per heavy atom. The molecule has 1 aliphatic heterocycles. The lowest BCUT2D eigenvalue weighted by molar-refractivity contribution is -0.132. The minimum Gasteiger partial charge on any atom is -0.493 e. The van der Waals surface area contributed by atoms with E-state index in [1.807, 2.05) is 0 Å². The normalized spacial score (nSPS) is 14.6. The molecule has 0 saturated heterocycles. The highest BCUT2D eigenvalue weighted by molar-refractivity contribution is 6.08. The van der Waals surface area contributed by atoms with Crippen molar-refractivity contribution in [2.75, 3.05) is 24.9 Å². The number of amides is 1. The average molecular weight is 438 g/mol. The molecule has 0 saturated carbocycles. The molecule has 3 N–H and O–H groups in total. The molecule has 1 aliphatic rings. The number of carboxylic acid groups (broad SMARTS) is 1. The van der Waals surface area contributed by atoms with Gasteiger partial charge in [-0.2, -0.15) is 5.10 Å². The predicted molar refractivity (Wildman–Crippen MR) is 114 cm³/mol. The number of halogens is 1. The number of benzene rings is 2. The molecular weight excluding hydrogens is 419 g/mol. The maximum Gasteiger partial charge on any atom is 0.352 e. The number of methoxy groups -OCH3 is 2. The standard InChI is InChI=1S/C22H19FN4O5/c1-31-18-8-7-12(9-19(18)32-2)25-21(28)14-11-24-27-17(13-5-3-4-6-15(13)23)10-16(22(29)30)26-20(14)27/h3-11,17,26H,1-2H3,(H,25,28)(H,29,30)/t17-/m1/s1. The quantitative estimate of drug-likeness (QED) is 0.541. The van der Waals surface area contributed by atoms with Gasteiger partial charge in [0, 0.05) is 17.3 Å². The van der Waals surface area contributed by atoms with Crippen molar-refractivity contribution in [3.63, 3.8) is 0 Å². The first-order chi connectivity index (χ1) is 15.4. The molecule has 2 aromatic carbocycles. The molecule has 3 aromatic rings. The summed E-state index contributed by atoms with van der Waals surface area (Å²) < 4.78 is 26.2. The fraction of sp³-hybridized carbons (Fsp3) is 0.136. The third kappa shape index (κ3) is 3.73. The average Bonchev–Trinajstić information content (AvgIpc) is 3.23. The highest BCUT2D eigenvalue weighted by atomic mass is 19.1. The molecule has 0 bridgehead atoms. The number of ether oxygens (including phenoxy) is 2. The summed E-state index contributed by atoms with van der Waals surface area (Å²) in [6.07, 6.45) is 2.64. The maximum atomic E-state index is 14.4. The third-order valence-electron chi connectivity index (χ3n) is 4.98. The Kier molecular flexibility index (Phi) is 5.50. The summed E-state index contributed by atoms with van der Waals surface area (Å²) in [6, 6.07) is 10.0. The van der Waals surface area contributed by atoms with E-state index in [0.29, 0.717) is 17.2 Å². The van der Waals surface area contributed by atoms with Crippen LogP contribution in [0, 0.1) is 5.82 Å². The van der Waals surface area contributed by atoms with Crippen LogP contribution in [0.15, 0.2) is 60.4 Å². The van der Waals surface area contributed by atoms with Crippen molar-refractivity contribution >= 4 is 23.4 Å². The number of hydrogen-bond donors (Lipinski definition) is 3. The molecule has 0 aliphatic carbocycles. The number of rotatable bonds is 6. The first kappa shape index (κ1) is 20.9. The van der Waals surface area contributed by atoms with Gasteiger partial charge in [-0.1, -0.05) is 18.2 Å². The number of anilines is 2. The maximum absolute atomic E-state index is 14.4. The highest BCUT2D eigenvalue weighted by Crippen LogP contribution is 2.34. The van der Waals surface area contributed by atoms with Crippen molar-refractivity contribution in [1.29, 1.82) is 0 Å². The lowest BCUT2D eigenvalue weighted by atomic mass is 10.0. The van der Waals surface area contributed by atoms with E-state index in [1.54, 1.807) is 24.3 Å². The second-order valence-corrected chi connectivity index (χ2v) is 6.85. The van der Waals surface area contributed by atoms with Gasteiger partial charge in [0.1, 0.15) is 28.9 Å². The molecule has 0 unspecified atom stereocenters. The number of allylic oxidation sites excluding steroid dienone is 1. The van der Waals surface area contributed by atoms with Crippen LogP contribution in [0.4, 0.5) is 15.9 Å². The Morgan fingerprint density at radius 3 is 2.59 bits per heavy atom. The lowest BCUT2D eigenvalue weighted by Crippen LogP contribution is -2.26. The molecule has 9 nitrogen and oxygen atoms in total. The summed E-state index contributed by atoms with van der Waals surface area (Å²) in [5.74, 6) is -1.24. The lowest BCUT2D eigenvalue weighted by Gasteiger charge is -2.24. The monoisotopic (exact) mass is 438 g/mol. The molecule has 32 heavy (non-hydrogen) atoms. The van der Waals surface area contributed by atoms with Crippen LogP contribution in [-0.4, -0.2) is 41.0 Å². The van der Waals surface area contributed by atoms with Gasteiger partial charge in [0.05, 0.1) is 20.4 Å². The van der Waals surface area contributed by atoms with Crippen LogP contribution < -0.4 is 20.1 Å². The van der Waals surface area contributed by atoms with Gasteiger partial charge in [0.25, 0.3) is 5.91 Å². The van der Waals surface area contributed by atoms with Crippen LogP contribution in [0.5, 0.6) is 11.5 Å². The SMILES string of the molecule is COc1ccc(NC(=O)c2cnn3c2NC(C(=O)O)=C[C@@H]3c2ccccc2F)cc1OC. The zero-order valence-corrected chi connectivity index (χ0v) is 17.1. The van der Waals surface area contributed by atoms with Crippen LogP contribution in [-0.2, 0) is 4.79 Å². The van der Waals surface area contributed by atoms with Gasteiger partial charge in [0.15, 0.2) is 11.5 Å². The van der Waals surface area contributed by atoms with Crippen molar-refractivity contribution in [3.8, 4) is 11.5 Å². The zero-order chi connectivity index (χ0) is 22.8. The number of nitrogens with zero attached hydrogens (tertiary/aromatic N) is 2. The molecule has 0 spiro atoms. The number of aromatic nitrogens is 2. The Bertz CT molecular complexity index is 1240. The van der Waals surface area contributed by atoms with E-state index in [2.05, 4.69) is 15.7 Å². The van der Waals surface area contributed by atoms with E-state index < -0.39 is 23.7 Å². The van der Waals surface area contributed by atoms with Gasteiger partial charge in [-0.25, -0.2) is 13.9 Å². The summed E-state index contributed by atoms with van der Waals surface area (Å²) in [5, 5.41) is 19.2. The Labute approximate surface area is 182 Å². The number of aliphatic carboxylic acids is 1. The van der Waals surface area contributed by atoms with Crippen LogP contribution in [0.3, 0.4) is 0 Å². The Balaban J connectivity index is 1.70. The molecular formula is C22H19FN4O5. The number of hydrogen-bond acceptors (Lipinski definition) is 6. The summed E-state index contributed by atoms with van der Waals surface area (Å²) in [5.41, 5.74) is 0.561. The molecule has 2 heterocycles. The van der Waals surface area contributed by atoms with Crippen LogP contribution in [0.1, 0.15) is 22.0 Å². The summed E-state index contributed by atoms with van der Waals surface area (Å²) in [4.78, 5) is 24.6. The second-order valence-electron chi connectivity index (χ2n) is 6.85. The predicted octanol–water partition coefficient (Wildman–Crippen LogP) is 3.28. The van der Waals surface area contributed by atoms with Crippen molar-refractivity contribution < 1.29 is 28.6 Å². The Hall–Kier alpha value is -4.34. The molecule has 0 fully saturated rings. The molecule has 164 valence electrons. The van der Waals surface area contributed by atoms with Gasteiger partial charge < -0.3 is 25.2 Å². The number of nitrogens with one attached hydrogen (secondary N) is 2. The van der Waals surface area contributed by atoms with Gasteiger partial charge in [0.2, 0.25) is 0 Å². The van der Waals surface area contributed by atoms with Crippen LogP contribution in [0.2, 0.25) is 0 Å². The number of fused-ring (bicyclic) bond motifs is 1. The van der Waals surface area contributed by atoms with E-state index in [0.717, 1.165) is 0 Å². The topological polar surface area (TPSA) is 115 Å². The zero-order valence-electron chi connectivity index (χ0n) is 17.1. The minimum atomic E-state index is -1.25. The summed E-state index contributed by atoms with van der Waals surface area (Å²) >= 11 is 0. The van der Waals surface area contributed by atoms with E-state index in [-0.39, 0.29) is 22.6 Å². The summed E-state index contributed by atoms with van der Waals surface area (Å²) in [7, 11) is 2.98. The van der Waals surface area contributed by atoms with Crippen LogP contribution >= 0.6 is 0 Å². The first-order valence-corrected chi connectivity index (χ1v) is 9.50. The minimum absolute atomic E-state index is 0.0907. The van der Waals surface area contributed by atoms with E-state index in [9.17, 15) is 19.1 Å². The molecule has 10 heteroatoms. The van der Waals surface area contributed by atoms with E-state index >= 15 is 0 Å². The Morgan fingerprint density at radius 2 is 1.91 bits per heavy atom. The van der Waals surface area contributed by atoms with Crippen molar-refractivity contribution in [1.82, 2.24) is 9.78 Å². The summed E-state index contributed by atoms with van der Waals surface area (Å²) in [6.45, 7) is 0. The largest absolute Gasteiger partial charge is 0.493 e. The molecule has 0 radical (unpaired) electrons. The van der Waals surface area contributed by atoms with Crippen LogP contribution in [0.25, 0.3) is 0 Å². The van der Waals surface area contributed by atoms with Gasteiger partial charge >= 0.3 is 5.97 Å². The fourth-order valence-electron chi connectivity index (χ4n) is 3.44. The van der Waals surface area contributed by atoms with E-state index in [4.69, 9.17) is 9.47 Å². The van der Waals surface area contributed by atoms with Crippen molar-refractivity contribution in [2.24, 2.45) is 0 Å². The third-order valence-corrected chi connectivity index (χ3v) is 4.98. The van der Waals surface area contributed by atoms with Gasteiger partial charge in [-0.05, 0) is 24.3 Å². The molecule has 1 atom stereocenters. The number of carbonyl (C=O) groups is 2. The second kappa shape index (κ2) is 8.42.